The highest BCUT2D eigenvalue weighted by atomic mass is 35.5. The lowest BCUT2D eigenvalue weighted by atomic mass is 9.96. The standard InChI is InChI=1S/C24H34ClN5O3/c1-24(2,3)33-23(31)28-10-8-20(9-11-28)30-14-22(13-29-17-26-16-27-29)32-15-21(30)12-18-4-6-19(25)7-5-18/h4-7,16-17,20-22H,8-15H2,1-3H3/t21-,22-/m0/s1. The van der Waals surface area contributed by atoms with Crippen molar-refractivity contribution in [3.63, 3.8) is 0 Å². The van der Waals surface area contributed by atoms with Gasteiger partial charge < -0.3 is 14.4 Å². The molecule has 0 saturated carbocycles. The summed E-state index contributed by atoms with van der Waals surface area (Å²) in [5.41, 5.74) is 0.773. The van der Waals surface area contributed by atoms with Crippen molar-refractivity contribution < 1.29 is 14.3 Å². The number of amides is 1. The van der Waals surface area contributed by atoms with Crippen LogP contribution in [0, 0.1) is 0 Å². The number of likely N-dealkylation sites (tertiary alicyclic amines) is 1. The minimum absolute atomic E-state index is 0.0528. The van der Waals surface area contributed by atoms with Crippen molar-refractivity contribution in [2.24, 2.45) is 0 Å². The lowest BCUT2D eigenvalue weighted by molar-refractivity contribution is -0.0927. The van der Waals surface area contributed by atoms with Gasteiger partial charge in [0.2, 0.25) is 0 Å². The van der Waals surface area contributed by atoms with Gasteiger partial charge in [-0.05, 0) is 57.7 Å². The fourth-order valence-electron chi connectivity index (χ4n) is 4.65. The van der Waals surface area contributed by atoms with E-state index in [-0.39, 0.29) is 18.2 Å². The second-order valence-electron chi connectivity index (χ2n) is 9.95. The van der Waals surface area contributed by atoms with Gasteiger partial charge in [-0.15, -0.1) is 0 Å². The highest BCUT2D eigenvalue weighted by Gasteiger charge is 2.37. The molecular formula is C24H34ClN5O3. The van der Waals surface area contributed by atoms with Gasteiger partial charge in [0.15, 0.2) is 0 Å². The van der Waals surface area contributed by atoms with E-state index < -0.39 is 5.60 Å². The Morgan fingerprint density at radius 2 is 1.94 bits per heavy atom. The van der Waals surface area contributed by atoms with E-state index in [1.807, 2.05) is 42.5 Å². The molecule has 1 aromatic heterocycles. The van der Waals surface area contributed by atoms with Crippen molar-refractivity contribution in [1.29, 1.82) is 0 Å². The monoisotopic (exact) mass is 475 g/mol. The third kappa shape index (κ3) is 6.68. The number of rotatable bonds is 5. The van der Waals surface area contributed by atoms with Crippen LogP contribution in [0.2, 0.25) is 5.02 Å². The van der Waals surface area contributed by atoms with Crippen LogP contribution in [0.5, 0.6) is 0 Å². The molecule has 2 aliphatic rings. The maximum absolute atomic E-state index is 12.5. The van der Waals surface area contributed by atoms with Crippen LogP contribution >= 0.6 is 11.6 Å². The fourth-order valence-corrected chi connectivity index (χ4v) is 4.77. The predicted molar refractivity (Wildman–Crippen MR) is 126 cm³/mol. The van der Waals surface area contributed by atoms with Gasteiger partial charge in [0.25, 0.3) is 0 Å². The Kier molecular flexibility index (Phi) is 7.56. The molecule has 0 unspecified atom stereocenters. The molecule has 3 heterocycles. The van der Waals surface area contributed by atoms with Crippen LogP contribution in [0.1, 0.15) is 39.2 Å². The predicted octanol–water partition coefficient (Wildman–Crippen LogP) is 3.64. The summed E-state index contributed by atoms with van der Waals surface area (Å²) in [6, 6.07) is 8.73. The molecule has 4 rings (SSSR count). The summed E-state index contributed by atoms with van der Waals surface area (Å²) < 4.78 is 13.7. The van der Waals surface area contributed by atoms with Crippen molar-refractivity contribution >= 4 is 17.7 Å². The van der Waals surface area contributed by atoms with Crippen LogP contribution in [0.3, 0.4) is 0 Å². The number of carbonyl (C=O) groups is 1. The molecule has 180 valence electrons. The number of ether oxygens (including phenoxy) is 2. The van der Waals surface area contributed by atoms with Crippen molar-refractivity contribution in [3.8, 4) is 0 Å². The minimum Gasteiger partial charge on any atom is -0.444 e. The van der Waals surface area contributed by atoms with E-state index in [1.54, 1.807) is 12.7 Å². The first-order valence-corrected chi connectivity index (χ1v) is 12.1. The number of benzene rings is 1. The molecule has 2 fully saturated rings. The van der Waals surface area contributed by atoms with Crippen LogP contribution in [-0.2, 0) is 22.4 Å². The van der Waals surface area contributed by atoms with Gasteiger partial charge in [-0.3, -0.25) is 9.58 Å². The molecular weight excluding hydrogens is 442 g/mol. The van der Waals surface area contributed by atoms with Crippen molar-refractivity contribution in [1.82, 2.24) is 24.6 Å². The Hall–Kier alpha value is -2.16. The van der Waals surface area contributed by atoms with Gasteiger partial charge in [-0.25, -0.2) is 9.78 Å². The van der Waals surface area contributed by atoms with E-state index in [0.29, 0.717) is 32.3 Å². The average Bonchev–Trinajstić information content (AvgIpc) is 3.28. The number of halogens is 1. The Balaban J connectivity index is 1.42. The summed E-state index contributed by atoms with van der Waals surface area (Å²) in [4.78, 5) is 21.0. The fraction of sp³-hybridized carbons (Fsp3) is 0.625. The molecule has 8 nitrogen and oxygen atoms in total. The molecule has 1 aromatic carbocycles. The van der Waals surface area contributed by atoms with Crippen molar-refractivity contribution in [2.45, 2.75) is 70.4 Å². The van der Waals surface area contributed by atoms with E-state index in [2.05, 4.69) is 27.1 Å². The second kappa shape index (κ2) is 10.4. The number of carbonyl (C=O) groups excluding carboxylic acids is 1. The summed E-state index contributed by atoms with van der Waals surface area (Å²) in [6.45, 7) is 9.30. The number of piperidine rings is 1. The van der Waals surface area contributed by atoms with E-state index in [1.165, 1.54) is 5.56 Å². The zero-order valence-corrected chi connectivity index (χ0v) is 20.4. The van der Waals surface area contributed by atoms with Crippen LogP contribution in [0.25, 0.3) is 0 Å². The summed E-state index contributed by atoms with van der Waals surface area (Å²) in [6.07, 6.45) is 5.86. The van der Waals surface area contributed by atoms with E-state index >= 15 is 0 Å². The number of morpholine rings is 1. The number of aromatic nitrogens is 3. The largest absolute Gasteiger partial charge is 0.444 e. The van der Waals surface area contributed by atoms with E-state index in [9.17, 15) is 4.79 Å². The normalized spacial score (nSPS) is 23.0. The number of hydrogen-bond donors (Lipinski definition) is 0. The lowest BCUT2D eigenvalue weighted by Crippen LogP contribution is -2.58. The Morgan fingerprint density at radius 1 is 1.21 bits per heavy atom. The topological polar surface area (TPSA) is 72.7 Å². The molecule has 2 aromatic rings. The zero-order valence-electron chi connectivity index (χ0n) is 19.7. The van der Waals surface area contributed by atoms with Gasteiger partial charge >= 0.3 is 6.09 Å². The van der Waals surface area contributed by atoms with Gasteiger partial charge in [-0.1, -0.05) is 23.7 Å². The Bertz CT molecular complexity index is 892. The summed E-state index contributed by atoms with van der Waals surface area (Å²) in [5.74, 6) is 0. The van der Waals surface area contributed by atoms with Crippen LogP contribution in [0.15, 0.2) is 36.9 Å². The molecule has 0 spiro atoms. The van der Waals surface area contributed by atoms with E-state index in [0.717, 1.165) is 30.8 Å². The molecule has 0 N–H and O–H groups in total. The maximum Gasteiger partial charge on any atom is 0.410 e. The summed E-state index contributed by atoms with van der Waals surface area (Å²) in [7, 11) is 0. The quantitative estimate of drug-likeness (QED) is 0.657. The van der Waals surface area contributed by atoms with Crippen molar-refractivity contribution in [3.05, 3.63) is 47.5 Å². The van der Waals surface area contributed by atoms with Crippen LogP contribution in [-0.4, -0.2) is 80.7 Å². The molecule has 2 atom stereocenters. The lowest BCUT2D eigenvalue weighted by Gasteiger charge is -2.46. The molecule has 2 saturated heterocycles. The van der Waals surface area contributed by atoms with Crippen LogP contribution < -0.4 is 0 Å². The minimum atomic E-state index is -0.476. The molecule has 0 bridgehead atoms. The van der Waals surface area contributed by atoms with Gasteiger partial charge in [0, 0.05) is 36.7 Å². The average molecular weight is 476 g/mol. The second-order valence-corrected chi connectivity index (χ2v) is 10.4. The van der Waals surface area contributed by atoms with Gasteiger partial charge in [-0.2, -0.15) is 5.10 Å². The molecule has 2 aliphatic heterocycles. The SMILES string of the molecule is CC(C)(C)OC(=O)N1CCC(N2C[C@H](Cn3cncn3)OC[C@@H]2Cc2ccc(Cl)cc2)CC1. The molecule has 0 radical (unpaired) electrons. The van der Waals surface area contributed by atoms with E-state index in [4.69, 9.17) is 21.1 Å². The highest BCUT2D eigenvalue weighted by molar-refractivity contribution is 6.30. The molecule has 33 heavy (non-hydrogen) atoms. The Labute approximate surface area is 200 Å². The van der Waals surface area contributed by atoms with Crippen LogP contribution in [0.4, 0.5) is 4.79 Å². The first-order valence-electron chi connectivity index (χ1n) is 11.7. The van der Waals surface area contributed by atoms with Crippen molar-refractivity contribution in [2.75, 3.05) is 26.2 Å². The maximum atomic E-state index is 12.5. The first kappa shape index (κ1) is 24.0. The number of nitrogens with zero attached hydrogens (tertiary/aromatic N) is 5. The third-order valence-electron chi connectivity index (χ3n) is 6.23. The molecule has 9 heteroatoms. The number of hydrogen-bond acceptors (Lipinski definition) is 6. The zero-order chi connectivity index (χ0) is 23.4. The molecule has 1 amide bonds. The Morgan fingerprint density at radius 3 is 2.58 bits per heavy atom. The molecule has 0 aliphatic carbocycles. The summed E-state index contributed by atoms with van der Waals surface area (Å²) >= 11 is 6.08. The smallest absolute Gasteiger partial charge is 0.410 e. The summed E-state index contributed by atoms with van der Waals surface area (Å²) in [5, 5.41) is 4.99. The highest BCUT2D eigenvalue weighted by Crippen LogP contribution is 2.26. The first-order chi connectivity index (χ1) is 15.8. The third-order valence-corrected chi connectivity index (χ3v) is 6.49. The van der Waals surface area contributed by atoms with Gasteiger partial charge in [0.1, 0.15) is 18.3 Å². The van der Waals surface area contributed by atoms with Gasteiger partial charge in [0.05, 0.1) is 19.3 Å².